The molecule has 0 saturated heterocycles. The molecule has 7 heteroatoms. The number of carbonyl (C=O) groups is 1. The lowest BCUT2D eigenvalue weighted by molar-refractivity contribution is -0.0501. The van der Waals surface area contributed by atoms with E-state index >= 15 is 0 Å². The fraction of sp³-hybridized carbons (Fsp3) is 0.333. The molecule has 0 fully saturated rings. The van der Waals surface area contributed by atoms with E-state index in [1.54, 1.807) is 30.9 Å². The smallest absolute Gasteiger partial charge is 0.387 e. The van der Waals surface area contributed by atoms with E-state index in [2.05, 4.69) is 15.2 Å². The van der Waals surface area contributed by atoms with Gasteiger partial charge in [-0.15, -0.1) is 0 Å². The van der Waals surface area contributed by atoms with E-state index in [1.165, 1.54) is 18.2 Å². The van der Waals surface area contributed by atoms with E-state index in [0.29, 0.717) is 0 Å². The van der Waals surface area contributed by atoms with Gasteiger partial charge in [-0.05, 0) is 26.0 Å². The summed E-state index contributed by atoms with van der Waals surface area (Å²) in [6.07, 6.45) is 1.67. The second-order valence-electron chi connectivity index (χ2n) is 4.88. The number of halogens is 2. The molecule has 118 valence electrons. The van der Waals surface area contributed by atoms with Crippen LogP contribution in [0.15, 0.2) is 30.5 Å². The van der Waals surface area contributed by atoms with Crippen molar-refractivity contribution in [2.75, 3.05) is 0 Å². The molecule has 5 nitrogen and oxygen atoms in total. The Labute approximate surface area is 126 Å². The molecule has 1 aromatic heterocycles. The van der Waals surface area contributed by atoms with Gasteiger partial charge in [-0.2, -0.15) is 13.9 Å². The maximum absolute atomic E-state index is 12.4. The van der Waals surface area contributed by atoms with Gasteiger partial charge in [0, 0.05) is 18.3 Å². The zero-order chi connectivity index (χ0) is 16.3. The molecule has 1 atom stereocenters. The van der Waals surface area contributed by atoms with Gasteiger partial charge in [0.05, 0.1) is 17.8 Å². The number of benzene rings is 1. The highest BCUT2D eigenvalue weighted by Crippen LogP contribution is 2.22. The summed E-state index contributed by atoms with van der Waals surface area (Å²) in [7, 11) is 1.80. The van der Waals surface area contributed by atoms with Crippen molar-refractivity contribution in [2.45, 2.75) is 26.5 Å². The number of rotatable bonds is 5. The maximum Gasteiger partial charge on any atom is 0.387 e. The Hall–Kier alpha value is -2.44. The SMILES string of the molecule is Cc1c(C(C)NC(=O)c2ccccc2OC(F)F)cnn1C. The molecule has 1 aromatic carbocycles. The summed E-state index contributed by atoms with van der Waals surface area (Å²) >= 11 is 0. The number of aryl methyl sites for hydroxylation is 1. The van der Waals surface area contributed by atoms with E-state index < -0.39 is 12.5 Å². The Kier molecular flexibility index (Phi) is 4.75. The minimum atomic E-state index is -2.98. The van der Waals surface area contributed by atoms with Crippen molar-refractivity contribution in [3.63, 3.8) is 0 Å². The van der Waals surface area contributed by atoms with Gasteiger partial charge in [-0.1, -0.05) is 12.1 Å². The molecule has 0 radical (unpaired) electrons. The Morgan fingerprint density at radius 1 is 1.36 bits per heavy atom. The fourth-order valence-electron chi connectivity index (χ4n) is 2.15. The molecule has 1 amide bonds. The molecule has 1 unspecified atom stereocenters. The standard InChI is InChI=1S/C15H17F2N3O2/c1-9(12-8-18-20(3)10(12)2)19-14(21)11-6-4-5-7-13(11)22-15(16)17/h4-9,15H,1-3H3,(H,19,21). The minimum Gasteiger partial charge on any atom is -0.434 e. The van der Waals surface area contributed by atoms with Gasteiger partial charge >= 0.3 is 6.61 Å². The molecule has 1 N–H and O–H groups in total. The number of amides is 1. The van der Waals surface area contributed by atoms with Gasteiger partial charge in [0.1, 0.15) is 5.75 Å². The van der Waals surface area contributed by atoms with Crippen molar-refractivity contribution < 1.29 is 18.3 Å². The first kappa shape index (κ1) is 15.9. The van der Waals surface area contributed by atoms with Crippen molar-refractivity contribution in [3.05, 3.63) is 47.3 Å². The molecule has 2 aromatic rings. The molecular weight excluding hydrogens is 292 g/mol. The highest BCUT2D eigenvalue weighted by atomic mass is 19.3. The molecule has 22 heavy (non-hydrogen) atoms. The number of hydrogen-bond donors (Lipinski definition) is 1. The van der Waals surface area contributed by atoms with Crippen molar-refractivity contribution in [1.82, 2.24) is 15.1 Å². The van der Waals surface area contributed by atoms with Crippen LogP contribution in [0.5, 0.6) is 5.75 Å². The van der Waals surface area contributed by atoms with Crippen LogP contribution < -0.4 is 10.1 Å². The van der Waals surface area contributed by atoms with E-state index in [0.717, 1.165) is 11.3 Å². The summed E-state index contributed by atoms with van der Waals surface area (Å²) < 4.78 is 30.8. The van der Waals surface area contributed by atoms with Crippen LogP contribution in [0.4, 0.5) is 8.78 Å². The summed E-state index contributed by atoms with van der Waals surface area (Å²) in [5.41, 5.74) is 1.85. The molecule has 0 spiro atoms. The largest absolute Gasteiger partial charge is 0.434 e. The monoisotopic (exact) mass is 309 g/mol. The van der Waals surface area contributed by atoms with E-state index in [1.807, 2.05) is 6.92 Å². The maximum atomic E-state index is 12.4. The number of aromatic nitrogens is 2. The lowest BCUT2D eigenvalue weighted by atomic mass is 10.1. The van der Waals surface area contributed by atoms with Crippen LogP contribution in [-0.4, -0.2) is 22.3 Å². The average Bonchev–Trinajstić information content (AvgIpc) is 2.79. The third-order valence-electron chi connectivity index (χ3n) is 3.44. The summed E-state index contributed by atoms with van der Waals surface area (Å²) in [5.74, 6) is -0.628. The number of para-hydroxylation sites is 1. The second-order valence-corrected chi connectivity index (χ2v) is 4.88. The molecule has 0 aliphatic heterocycles. The summed E-state index contributed by atoms with van der Waals surface area (Å²) in [6, 6.07) is 5.59. The van der Waals surface area contributed by atoms with Crippen molar-refractivity contribution >= 4 is 5.91 Å². The van der Waals surface area contributed by atoms with Crippen LogP contribution >= 0.6 is 0 Å². The summed E-state index contributed by atoms with van der Waals surface area (Å²) in [4.78, 5) is 12.3. The quantitative estimate of drug-likeness (QED) is 0.924. The van der Waals surface area contributed by atoms with Gasteiger partial charge in [-0.3, -0.25) is 9.48 Å². The Morgan fingerprint density at radius 3 is 2.64 bits per heavy atom. The number of nitrogens with zero attached hydrogens (tertiary/aromatic N) is 2. The molecule has 0 saturated carbocycles. The average molecular weight is 309 g/mol. The predicted molar refractivity (Wildman–Crippen MR) is 76.9 cm³/mol. The van der Waals surface area contributed by atoms with E-state index in [9.17, 15) is 13.6 Å². The zero-order valence-electron chi connectivity index (χ0n) is 12.5. The van der Waals surface area contributed by atoms with Crippen molar-refractivity contribution in [1.29, 1.82) is 0 Å². The number of ether oxygens (including phenoxy) is 1. The third kappa shape index (κ3) is 3.41. The van der Waals surface area contributed by atoms with Crippen molar-refractivity contribution in [2.24, 2.45) is 7.05 Å². The highest BCUT2D eigenvalue weighted by molar-refractivity contribution is 5.97. The topological polar surface area (TPSA) is 56.1 Å². The first-order chi connectivity index (χ1) is 10.4. The van der Waals surface area contributed by atoms with Crippen LogP contribution in [0.25, 0.3) is 0 Å². The lowest BCUT2D eigenvalue weighted by Gasteiger charge is -2.15. The molecule has 0 aliphatic carbocycles. The van der Waals surface area contributed by atoms with Gasteiger partial charge in [0.25, 0.3) is 5.91 Å². The van der Waals surface area contributed by atoms with Gasteiger partial charge < -0.3 is 10.1 Å². The molecular formula is C15H17F2N3O2. The molecule has 1 heterocycles. The lowest BCUT2D eigenvalue weighted by Crippen LogP contribution is -2.27. The predicted octanol–water partition coefficient (Wildman–Crippen LogP) is 2.82. The Balaban J connectivity index is 2.17. The molecule has 0 bridgehead atoms. The third-order valence-corrected chi connectivity index (χ3v) is 3.44. The Bertz CT molecular complexity index is 671. The molecule has 0 aliphatic rings. The minimum absolute atomic E-state index is 0.0659. The van der Waals surface area contributed by atoms with E-state index in [4.69, 9.17) is 0 Å². The van der Waals surface area contributed by atoms with Crippen LogP contribution in [0, 0.1) is 6.92 Å². The Morgan fingerprint density at radius 2 is 2.05 bits per heavy atom. The molecule has 2 rings (SSSR count). The number of alkyl halides is 2. The van der Waals surface area contributed by atoms with Crippen molar-refractivity contribution in [3.8, 4) is 5.75 Å². The first-order valence-corrected chi connectivity index (χ1v) is 6.73. The van der Waals surface area contributed by atoms with Gasteiger partial charge in [-0.25, -0.2) is 0 Å². The number of carbonyl (C=O) groups excluding carboxylic acids is 1. The number of hydrogen-bond acceptors (Lipinski definition) is 3. The second kappa shape index (κ2) is 6.55. The van der Waals surface area contributed by atoms with Crippen LogP contribution in [0.2, 0.25) is 0 Å². The van der Waals surface area contributed by atoms with Crippen LogP contribution in [0.1, 0.15) is 34.6 Å². The summed E-state index contributed by atoms with van der Waals surface area (Å²) in [5, 5.41) is 6.88. The normalized spacial score (nSPS) is 12.3. The summed E-state index contributed by atoms with van der Waals surface area (Å²) in [6.45, 7) is 0.712. The van der Waals surface area contributed by atoms with Gasteiger partial charge in [0.15, 0.2) is 0 Å². The van der Waals surface area contributed by atoms with Gasteiger partial charge in [0.2, 0.25) is 0 Å². The van der Waals surface area contributed by atoms with E-state index in [-0.39, 0.29) is 17.4 Å². The highest BCUT2D eigenvalue weighted by Gasteiger charge is 2.19. The zero-order valence-corrected chi connectivity index (χ0v) is 12.5. The number of nitrogens with one attached hydrogen (secondary N) is 1. The van der Waals surface area contributed by atoms with Crippen LogP contribution in [-0.2, 0) is 7.05 Å². The first-order valence-electron chi connectivity index (χ1n) is 6.73. The fourth-order valence-corrected chi connectivity index (χ4v) is 2.15. The van der Waals surface area contributed by atoms with Crippen LogP contribution in [0.3, 0.4) is 0 Å².